The molecular formula is C13H24N2O. The van der Waals surface area contributed by atoms with Crippen LogP contribution in [0.3, 0.4) is 0 Å². The van der Waals surface area contributed by atoms with Gasteiger partial charge in [-0.1, -0.05) is 12.8 Å². The molecule has 2 atom stereocenters. The van der Waals surface area contributed by atoms with Gasteiger partial charge in [0.05, 0.1) is 5.92 Å². The van der Waals surface area contributed by atoms with E-state index in [2.05, 4.69) is 12.2 Å². The molecule has 1 aliphatic carbocycles. The van der Waals surface area contributed by atoms with Crippen LogP contribution < -0.4 is 5.32 Å². The zero-order valence-corrected chi connectivity index (χ0v) is 10.5. The summed E-state index contributed by atoms with van der Waals surface area (Å²) in [4.78, 5) is 14.2. The Balaban J connectivity index is 1.83. The first-order valence-corrected chi connectivity index (χ1v) is 6.67. The van der Waals surface area contributed by atoms with Crippen molar-refractivity contribution in [2.24, 2.45) is 11.8 Å². The molecule has 1 saturated carbocycles. The van der Waals surface area contributed by atoms with Gasteiger partial charge in [0.2, 0.25) is 5.91 Å². The van der Waals surface area contributed by atoms with Gasteiger partial charge >= 0.3 is 0 Å². The van der Waals surface area contributed by atoms with Crippen LogP contribution in [0.1, 0.15) is 39.0 Å². The van der Waals surface area contributed by atoms with Crippen molar-refractivity contribution >= 4 is 5.91 Å². The van der Waals surface area contributed by atoms with Crippen LogP contribution in [0.5, 0.6) is 0 Å². The van der Waals surface area contributed by atoms with Crippen LogP contribution >= 0.6 is 0 Å². The fourth-order valence-electron chi connectivity index (χ4n) is 3.15. The molecule has 1 heterocycles. The van der Waals surface area contributed by atoms with Gasteiger partial charge in [0.25, 0.3) is 0 Å². The second-order valence-electron chi connectivity index (χ2n) is 5.51. The molecule has 16 heavy (non-hydrogen) atoms. The zero-order valence-electron chi connectivity index (χ0n) is 10.5. The van der Waals surface area contributed by atoms with E-state index < -0.39 is 0 Å². The third-order valence-corrected chi connectivity index (χ3v) is 4.23. The lowest BCUT2D eigenvalue weighted by Gasteiger charge is -2.25. The maximum Gasteiger partial charge on any atom is 0.227 e. The summed E-state index contributed by atoms with van der Waals surface area (Å²) in [6.07, 6.45) is 6.35. The molecule has 2 rings (SSSR count). The Morgan fingerprint density at radius 3 is 2.56 bits per heavy atom. The van der Waals surface area contributed by atoms with Gasteiger partial charge in [-0.25, -0.2) is 0 Å². The molecule has 1 aliphatic heterocycles. The van der Waals surface area contributed by atoms with Gasteiger partial charge in [0.15, 0.2) is 0 Å². The molecule has 92 valence electrons. The molecule has 0 bridgehead atoms. The Hall–Kier alpha value is -0.570. The number of nitrogens with one attached hydrogen (secondary N) is 1. The van der Waals surface area contributed by atoms with E-state index in [0.29, 0.717) is 11.9 Å². The van der Waals surface area contributed by atoms with Crippen molar-refractivity contribution in [3.63, 3.8) is 0 Å². The summed E-state index contributed by atoms with van der Waals surface area (Å²) < 4.78 is 0. The molecular weight excluding hydrogens is 200 g/mol. The van der Waals surface area contributed by atoms with Crippen LogP contribution in [0.25, 0.3) is 0 Å². The van der Waals surface area contributed by atoms with Gasteiger partial charge < -0.3 is 10.2 Å². The highest BCUT2D eigenvalue weighted by molar-refractivity contribution is 5.79. The quantitative estimate of drug-likeness (QED) is 0.790. The van der Waals surface area contributed by atoms with Crippen LogP contribution in [0.4, 0.5) is 0 Å². The molecule has 1 N–H and O–H groups in total. The molecule has 3 heteroatoms. The van der Waals surface area contributed by atoms with Crippen LogP contribution in [0.2, 0.25) is 0 Å². The second-order valence-corrected chi connectivity index (χ2v) is 5.51. The lowest BCUT2D eigenvalue weighted by atomic mass is 9.99. The standard InChI is InChI=1S/C13H24N2O/c1-10-12(7-8-14-10)13(16)15(2)9-11-5-3-4-6-11/h10-12,14H,3-9H2,1-2H3. The Bertz CT molecular complexity index is 248. The predicted octanol–water partition coefficient (Wildman–Crippen LogP) is 1.63. The highest BCUT2D eigenvalue weighted by Gasteiger charge is 2.32. The van der Waals surface area contributed by atoms with Crippen molar-refractivity contribution in [2.75, 3.05) is 20.1 Å². The number of amides is 1. The van der Waals surface area contributed by atoms with Gasteiger partial charge in [-0.05, 0) is 38.6 Å². The summed E-state index contributed by atoms with van der Waals surface area (Å²) in [6.45, 7) is 4.09. The first-order valence-electron chi connectivity index (χ1n) is 6.67. The molecule has 3 nitrogen and oxygen atoms in total. The van der Waals surface area contributed by atoms with Crippen molar-refractivity contribution in [3.05, 3.63) is 0 Å². The van der Waals surface area contributed by atoms with E-state index in [9.17, 15) is 4.79 Å². The van der Waals surface area contributed by atoms with E-state index in [1.165, 1.54) is 25.7 Å². The minimum absolute atomic E-state index is 0.214. The molecule has 1 amide bonds. The fourth-order valence-corrected chi connectivity index (χ4v) is 3.15. The SMILES string of the molecule is CC1NCCC1C(=O)N(C)CC1CCCC1. The minimum atomic E-state index is 0.214. The Morgan fingerprint density at radius 2 is 2.00 bits per heavy atom. The molecule has 2 fully saturated rings. The van der Waals surface area contributed by atoms with E-state index in [1.54, 1.807) is 0 Å². The summed E-state index contributed by atoms with van der Waals surface area (Å²) in [6, 6.07) is 0.360. The van der Waals surface area contributed by atoms with Gasteiger partial charge in [-0.3, -0.25) is 4.79 Å². The summed E-state index contributed by atoms with van der Waals surface area (Å²) >= 11 is 0. The van der Waals surface area contributed by atoms with E-state index in [4.69, 9.17) is 0 Å². The summed E-state index contributed by atoms with van der Waals surface area (Å²) in [5.41, 5.74) is 0. The molecule has 0 aromatic carbocycles. The number of hydrogen-bond donors (Lipinski definition) is 1. The van der Waals surface area contributed by atoms with Crippen molar-refractivity contribution in [1.29, 1.82) is 0 Å². The smallest absolute Gasteiger partial charge is 0.227 e. The van der Waals surface area contributed by atoms with Crippen LogP contribution in [-0.4, -0.2) is 37.0 Å². The molecule has 0 aromatic rings. The van der Waals surface area contributed by atoms with Crippen molar-refractivity contribution < 1.29 is 4.79 Å². The average Bonchev–Trinajstić information content (AvgIpc) is 2.88. The number of hydrogen-bond acceptors (Lipinski definition) is 2. The molecule has 0 radical (unpaired) electrons. The van der Waals surface area contributed by atoms with Gasteiger partial charge in [0.1, 0.15) is 0 Å². The predicted molar refractivity (Wildman–Crippen MR) is 65.2 cm³/mol. The Kier molecular flexibility index (Phi) is 3.85. The number of rotatable bonds is 3. The number of carbonyl (C=O) groups excluding carboxylic acids is 1. The minimum Gasteiger partial charge on any atom is -0.345 e. The van der Waals surface area contributed by atoms with E-state index in [0.717, 1.165) is 25.4 Å². The lowest BCUT2D eigenvalue weighted by molar-refractivity contribution is -0.134. The van der Waals surface area contributed by atoms with Crippen LogP contribution in [0.15, 0.2) is 0 Å². The van der Waals surface area contributed by atoms with Crippen molar-refractivity contribution in [2.45, 2.75) is 45.1 Å². The van der Waals surface area contributed by atoms with Crippen molar-refractivity contribution in [1.82, 2.24) is 10.2 Å². The van der Waals surface area contributed by atoms with Gasteiger partial charge in [0, 0.05) is 19.6 Å². The van der Waals surface area contributed by atoms with Crippen molar-refractivity contribution in [3.8, 4) is 0 Å². The first-order chi connectivity index (χ1) is 7.68. The van der Waals surface area contributed by atoms with E-state index >= 15 is 0 Å². The molecule has 0 aromatic heterocycles. The van der Waals surface area contributed by atoms with Crippen LogP contribution in [0, 0.1) is 11.8 Å². The lowest BCUT2D eigenvalue weighted by Crippen LogP contribution is -2.39. The van der Waals surface area contributed by atoms with E-state index in [-0.39, 0.29) is 5.92 Å². The van der Waals surface area contributed by atoms with Gasteiger partial charge in [-0.2, -0.15) is 0 Å². The third kappa shape index (κ3) is 2.57. The zero-order chi connectivity index (χ0) is 11.5. The fraction of sp³-hybridized carbons (Fsp3) is 0.923. The van der Waals surface area contributed by atoms with E-state index in [1.807, 2.05) is 11.9 Å². The molecule has 2 aliphatic rings. The average molecular weight is 224 g/mol. The Morgan fingerprint density at radius 1 is 1.31 bits per heavy atom. The highest BCUT2D eigenvalue weighted by Crippen LogP contribution is 2.26. The monoisotopic (exact) mass is 224 g/mol. The third-order valence-electron chi connectivity index (χ3n) is 4.23. The molecule has 1 saturated heterocycles. The highest BCUT2D eigenvalue weighted by atomic mass is 16.2. The first kappa shape index (κ1) is 11.9. The number of nitrogens with zero attached hydrogens (tertiary/aromatic N) is 1. The van der Waals surface area contributed by atoms with Crippen LogP contribution in [-0.2, 0) is 4.79 Å². The second kappa shape index (κ2) is 5.17. The maximum atomic E-state index is 12.2. The molecule has 0 spiro atoms. The molecule has 2 unspecified atom stereocenters. The summed E-state index contributed by atoms with van der Waals surface area (Å²) in [5.74, 6) is 1.33. The largest absolute Gasteiger partial charge is 0.345 e. The normalized spacial score (nSPS) is 30.9. The van der Waals surface area contributed by atoms with Gasteiger partial charge in [-0.15, -0.1) is 0 Å². The topological polar surface area (TPSA) is 32.3 Å². The maximum absolute atomic E-state index is 12.2. The summed E-state index contributed by atoms with van der Waals surface area (Å²) in [7, 11) is 1.98. The number of carbonyl (C=O) groups is 1. The summed E-state index contributed by atoms with van der Waals surface area (Å²) in [5, 5.41) is 3.35. The Labute approximate surface area is 98.6 Å².